The molecule has 0 saturated heterocycles. The average molecular weight is 521 g/mol. The molecule has 9 aromatic rings. The molecule has 41 heavy (non-hydrogen) atoms. The number of hydrogen-bond donors (Lipinski definition) is 0. The van der Waals surface area contributed by atoms with E-state index in [1.807, 2.05) is 0 Å². The summed E-state index contributed by atoms with van der Waals surface area (Å²) in [4.78, 5) is 5.13. The zero-order chi connectivity index (χ0) is 26.9. The van der Waals surface area contributed by atoms with Gasteiger partial charge in [0.2, 0.25) is 0 Å². The number of nitrogens with zero attached hydrogens (tertiary/aromatic N) is 2. The highest BCUT2D eigenvalue weighted by atomic mass is 15.0. The van der Waals surface area contributed by atoms with E-state index in [1.165, 1.54) is 65.5 Å². The fraction of sp³-hybridized carbons (Fsp3) is 0. The van der Waals surface area contributed by atoms with Crippen molar-refractivity contribution in [2.75, 3.05) is 0 Å². The molecular weight excluding hydrogens is 496 g/mol. The van der Waals surface area contributed by atoms with Crippen LogP contribution in [-0.2, 0) is 0 Å². The number of para-hydroxylation sites is 2. The predicted octanol–water partition coefficient (Wildman–Crippen LogP) is 10.4. The molecule has 0 aliphatic carbocycles. The summed E-state index contributed by atoms with van der Waals surface area (Å²) in [6, 6.07) is 52.7. The van der Waals surface area contributed by atoms with Crippen LogP contribution in [0, 0.1) is 0 Å². The lowest BCUT2D eigenvalue weighted by atomic mass is 9.96. The third-order valence-corrected chi connectivity index (χ3v) is 8.52. The Hall–Kier alpha value is -5.47. The van der Waals surface area contributed by atoms with Gasteiger partial charge in [-0.1, -0.05) is 109 Å². The molecule has 190 valence electrons. The number of rotatable bonds is 2. The fourth-order valence-corrected chi connectivity index (χ4v) is 6.45. The van der Waals surface area contributed by atoms with Crippen molar-refractivity contribution < 1.29 is 0 Å². The molecule has 2 aromatic heterocycles. The highest BCUT2D eigenvalue weighted by Gasteiger charge is 2.15. The Morgan fingerprint density at radius 2 is 0.927 bits per heavy atom. The molecule has 0 spiro atoms. The van der Waals surface area contributed by atoms with Gasteiger partial charge >= 0.3 is 0 Å². The first-order valence-electron chi connectivity index (χ1n) is 14.1. The van der Waals surface area contributed by atoms with Gasteiger partial charge in [0.25, 0.3) is 0 Å². The van der Waals surface area contributed by atoms with E-state index in [4.69, 9.17) is 4.98 Å². The quantitative estimate of drug-likeness (QED) is 0.164. The molecule has 0 aliphatic rings. The molecule has 7 aromatic carbocycles. The summed E-state index contributed by atoms with van der Waals surface area (Å²) in [5, 5.41) is 8.66. The van der Waals surface area contributed by atoms with E-state index in [0.717, 1.165) is 16.7 Å². The highest BCUT2D eigenvalue weighted by Crippen LogP contribution is 2.37. The second kappa shape index (κ2) is 8.51. The molecule has 0 saturated carbocycles. The molecule has 0 fully saturated rings. The van der Waals surface area contributed by atoms with E-state index >= 15 is 0 Å². The SMILES string of the molecule is c1ccc2cc(-c3ccc(-c4ccc5c6cc7ccccc7cc6c6nc7ccccc7n6c5c4)cc3)ccc2c1. The molecule has 0 atom stereocenters. The monoisotopic (exact) mass is 520 g/mol. The summed E-state index contributed by atoms with van der Waals surface area (Å²) >= 11 is 0. The van der Waals surface area contributed by atoms with Crippen molar-refractivity contribution >= 4 is 59.9 Å². The first-order valence-corrected chi connectivity index (χ1v) is 14.1. The minimum Gasteiger partial charge on any atom is -0.292 e. The van der Waals surface area contributed by atoms with Crippen molar-refractivity contribution in [3.8, 4) is 22.3 Å². The molecule has 2 nitrogen and oxygen atoms in total. The van der Waals surface area contributed by atoms with Gasteiger partial charge in [-0.05, 0) is 85.6 Å². The maximum atomic E-state index is 5.13. The standard InChI is InChI=1S/C39H24N2/c1-2-8-28-21-31(18-17-25(28)7-1)26-13-15-27(16-14-26)32-19-20-33-34-22-29-9-3-4-10-30(29)23-35(34)39-40-36-11-5-6-12-37(36)41(39)38(33)24-32/h1-24H. The van der Waals surface area contributed by atoms with Gasteiger partial charge in [0.1, 0.15) is 5.65 Å². The average Bonchev–Trinajstić information content (AvgIpc) is 3.44. The van der Waals surface area contributed by atoms with E-state index in [2.05, 4.69) is 150 Å². The third kappa shape index (κ3) is 3.41. The lowest BCUT2D eigenvalue weighted by molar-refractivity contribution is 1.32. The molecule has 0 amide bonds. The van der Waals surface area contributed by atoms with Gasteiger partial charge in [0.05, 0.1) is 16.6 Å². The smallest absolute Gasteiger partial charge is 0.146 e. The number of fused-ring (bicyclic) bond motifs is 10. The first-order chi connectivity index (χ1) is 20.3. The summed E-state index contributed by atoms with van der Waals surface area (Å²) in [5.41, 5.74) is 9.18. The molecule has 2 heteroatoms. The maximum absolute atomic E-state index is 5.13. The molecule has 9 rings (SSSR count). The van der Waals surface area contributed by atoms with Crippen molar-refractivity contribution in [1.82, 2.24) is 9.38 Å². The van der Waals surface area contributed by atoms with Crippen LogP contribution in [0.25, 0.3) is 82.2 Å². The summed E-state index contributed by atoms with van der Waals surface area (Å²) in [6.45, 7) is 0. The Balaban J connectivity index is 1.26. The zero-order valence-corrected chi connectivity index (χ0v) is 22.3. The van der Waals surface area contributed by atoms with Crippen LogP contribution < -0.4 is 0 Å². The fourth-order valence-electron chi connectivity index (χ4n) is 6.45. The second-order valence-corrected chi connectivity index (χ2v) is 10.9. The minimum atomic E-state index is 1.00. The van der Waals surface area contributed by atoms with E-state index in [1.54, 1.807) is 0 Å². The first kappa shape index (κ1) is 22.4. The molecule has 2 heterocycles. The molecule has 0 bridgehead atoms. The Morgan fingerprint density at radius 3 is 1.68 bits per heavy atom. The van der Waals surface area contributed by atoms with Crippen LogP contribution in [0.15, 0.2) is 146 Å². The van der Waals surface area contributed by atoms with Gasteiger partial charge in [-0.2, -0.15) is 0 Å². The molecule has 0 radical (unpaired) electrons. The van der Waals surface area contributed by atoms with Crippen LogP contribution in [0.4, 0.5) is 0 Å². The van der Waals surface area contributed by atoms with E-state index in [-0.39, 0.29) is 0 Å². The van der Waals surface area contributed by atoms with Gasteiger partial charge < -0.3 is 0 Å². The number of imidazole rings is 1. The van der Waals surface area contributed by atoms with Gasteiger partial charge in [-0.15, -0.1) is 0 Å². The summed E-state index contributed by atoms with van der Waals surface area (Å²) < 4.78 is 2.34. The molecule has 0 unspecified atom stereocenters. The van der Waals surface area contributed by atoms with Crippen LogP contribution in [0.1, 0.15) is 0 Å². The van der Waals surface area contributed by atoms with Crippen LogP contribution >= 0.6 is 0 Å². The van der Waals surface area contributed by atoms with E-state index in [9.17, 15) is 0 Å². The summed E-state index contributed by atoms with van der Waals surface area (Å²) in [7, 11) is 0. The Labute approximate surface area is 236 Å². The molecule has 0 aliphatic heterocycles. The lowest BCUT2D eigenvalue weighted by Crippen LogP contribution is -1.93. The van der Waals surface area contributed by atoms with Crippen LogP contribution in [-0.4, -0.2) is 9.38 Å². The number of pyridine rings is 1. The number of hydrogen-bond acceptors (Lipinski definition) is 1. The zero-order valence-electron chi connectivity index (χ0n) is 22.3. The Kier molecular flexibility index (Phi) is 4.64. The number of benzene rings is 7. The summed E-state index contributed by atoms with van der Waals surface area (Å²) in [5.74, 6) is 0. The van der Waals surface area contributed by atoms with Crippen LogP contribution in [0.3, 0.4) is 0 Å². The van der Waals surface area contributed by atoms with Gasteiger partial charge in [0.15, 0.2) is 0 Å². The lowest BCUT2D eigenvalue weighted by Gasteiger charge is -2.13. The normalized spacial score (nSPS) is 11.9. The summed E-state index contributed by atoms with van der Waals surface area (Å²) in [6.07, 6.45) is 0. The van der Waals surface area contributed by atoms with Crippen molar-refractivity contribution in [2.24, 2.45) is 0 Å². The van der Waals surface area contributed by atoms with Crippen LogP contribution in [0.5, 0.6) is 0 Å². The highest BCUT2D eigenvalue weighted by molar-refractivity contribution is 6.18. The predicted molar refractivity (Wildman–Crippen MR) is 174 cm³/mol. The van der Waals surface area contributed by atoms with Crippen molar-refractivity contribution in [3.05, 3.63) is 146 Å². The minimum absolute atomic E-state index is 1.00. The van der Waals surface area contributed by atoms with E-state index < -0.39 is 0 Å². The van der Waals surface area contributed by atoms with Crippen LogP contribution in [0.2, 0.25) is 0 Å². The van der Waals surface area contributed by atoms with Crippen molar-refractivity contribution in [1.29, 1.82) is 0 Å². The van der Waals surface area contributed by atoms with Crippen molar-refractivity contribution in [3.63, 3.8) is 0 Å². The molecule has 0 N–H and O–H groups in total. The molecular formula is C39H24N2. The number of aromatic nitrogens is 2. The Morgan fingerprint density at radius 1 is 0.366 bits per heavy atom. The second-order valence-electron chi connectivity index (χ2n) is 10.9. The van der Waals surface area contributed by atoms with Crippen molar-refractivity contribution in [2.45, 2.75) is 0 Å². The van der Waals surface area contributed by atoms with Gasteiger partial charge in [-0.25, -0.2) is 4.98 Å². The topological polar surface area (TPSA) is 17.3 Å². The largest absolute Gasteiger partial charge is 0.292 e. The van der Waals surface area contributed by atoms with Gasteiger partial charge in [0, 0.05) is 10.8 Å². The maximum Gasteiger partial charge on any atom is 0.146 e. The van der Waals surface area contributed by atoms with Gasteiger partial charge in [-0.3, -0.25) is 4.40 Å². The van der Waals surface area contributed by atoms with E-state index in [0.29, 0.717) is 0 Å². The third-order valence-electron chi connectivity index (χ3n) is 8.52. The Bertz CT molecular complexity index is 2460.